The van der Waals surface area contributed by atoms with Gasteiger partial charge in [-0.1, -0.05) is 6.07 Å². The van der Waals surface area contributed by atoms with Gasteiger partial charge in [-0.05, 0) is 60.5 Å². The molecule has 0 unspecified atom stereocenters. The van der Waals surface area contributed by atoms with Gasteiger partial charge < -0.3 is 24.5 Å². The molecule has 0 saturated heterocycles. The quantitative estimate of drug-likeness (QED) is 0.533. The summed E-state index contributed by atoms with van der Waals surface area (Å²) in [5.41, 5.74) is 1.63. The molecule has 0 radical (unpaired) electrons. The van der Waals surface area contributed by atoms with Crippen molar-refractivity contribution in [2.45, 2.75) is 13.0 Å². The Kier molecular flexibility index (Phi) is 7.21. The third-order valence-corrected chi connectivity index (χ3v) is 4.29. The molecule has 2 N–H and O–H groups in total. The molecule has 31 heavy (non-hydrogen) atoms. The van der Waals surface area contributed by atoms with Crippen LogP contribution in [-0.4, -0.2) is 32.1 Å². The Morgan fingerprint density at radius 3 is 2.45 bits per heavy atom. The lowest BCUT2D eigenvalue weighted by Crippen LogP contribution is -2.25. The van der Waals surface area contributed by atoms with E-state index in [1.54, 1.807) is 42.5 Å². The number of alkyl halides is 2. The fourth-order valence-electron chi connectivity index (χ4n) is 2.79. The van der Waals surface area contributed by atoms with Crippen molar-refractivity contribution in [1.29, 1.82) is 0 Å². The highest BCUT2D eigenvalue weighted by molar-refractivity contribution is 6.02. The number of halogens is 2. The van der Waals surface area contributed by atoms with Crippen LogP contribution < -0.4 is 20.1 Å². The Hall–Kier alpha value is -3.88. The summed E-state index contributed by atoms with van der Waals surface area (Å²) in [4.78, 5) is 24.3. The van der Waals surface area contributed by atoms with E-state index in [4.69, 9.17) is 9.15 Å². The molecule has 7 nitrogen and oxygen atoms in total. The van der Waals surface area contributed by atoms with Crippen LogP contribution in [0.4, 0.5) is 14.5 Å². The Balaban J connectivity index is 1.52. The number of furan rings is 1. The monoisotopic (exact) mass is 430 g/mol. The molecular weight excluding hydrogens is 410 g/mol. The molecule has 0 bridgehead atoms. The van der Waals surface area contributed by atoms with Crippen LogP contribution in [0, 0.1) is 0 Å². The van der Waals surface area contributed by atoms with E-state index in [9.17, 15) is 18.4 Å². The molecule has 0 aliphatic rings. The average molecular weight is 430 g/mol. The summed E-state index contributed by atoms with van der Waals surface area (Å²) in [5, 5.41) is 5.42. The van der Waals surface area contributed by atoms with Gasteiger partial charge in [0.2, 0.25) is 0 Å². The molecule has 0 spiro atoms. The van der Waals surface area contributed by atoms with E-state index in [1.807, 2.05) is 0 Å². The van der Waals surface area contributed by atoms with Gasteiger partial charge in [-0.25, -0.2) is 0 Å². The minimum Gasteiger partial charge on any atom is -0.493 e. The van der Waals surface area contributed by atoms with E-state index in [0.29, 0.717) is 23.2 Å². The first-order chi connectivity index (χ1) is 15.0. The second-order valence-electron chi connectivity index (χ2n) is 6.38. The number of rotatable bonds is 9. The maximum absolute atomic E-state index is 12.5. The fourth-order valence-corrected chi connectivity index (χ4v) is 2.79. The van der Waals surface area contributed by atoms with Crippen molar-refractivity contribution >= 4 is 17.5 Å². The molecule has 0 aliphatic carbocycles. The van der Waals surface area contributed by atoms with Crippen molar-refractivity contribution in [3.8, 4) is 11.5 Å². The van der Waals surface area contributed by atoms with Crippen molar-refractivity contribution in [2.75, 3.05) is 19.0 Å². The van der Waals surface area contributed by atoms with Crippen molar-refractivity contribution in [3.05, 3.63) is 77.7 Å². The van der Waals surface area contributed by atoms with Crippen molar-refractivity contribution in [1.82, 2.24) is 5.32 Å². The second kappa shape index (κ2) is 10.2. The zero-order valence-corrected chi connectivity index (χ0v) is 16.6. The Morgan fingerprint density at radius 2 is 1.81 bits per heavy atom. The van der Waals surface area contributed by atoms with E-state index in [2.05, 4.69) is 15.4 Å². The highest BCUT2D eigenvalue weighted by atomic mass is 19.3. The minimum absolute atomic E-state index is 0.0616. The van der Waals surface area contributed by atoms with Crippen LogP contribution in [0.5, 0.6) is 11.5 Å². The normalized spacial score (nSPS) is 10.6. The van der Waals surface area contributed by atoms with Crippen LogP contribution >= 0.6 is 0 Å². The molecule has 3 rings (SSSR count). The molecular formula is C22H20F2N2O5. The first-order valence-electron chi connectivity index (χ1n) is 9.31. The van der Waals surface area contributed by atoms with Crippen molar-refractivity contribution < 1.29 is 32.3 Å². The minimum atomic E-state index is -2.96. The first-order valence-corrected chi connectivity index (χ1v) is 9.31. The van der Waals surface area contributed by atoms with Gasteiger partial charge in [0, 0.05) is 17.8 Å². The predicted octanol–water partition coefficient (Wildman–Crippen LogP) is 4.11. The number of hydrogen-bond donors (Lipinski definition) is 2. The predicted molar refractivity (Wildman–Crippen MR) is 109 cm³/mol. The van der Waals surface area contributed by atoms with Crippen LogP contribution in [-0.2, 0) is 6.42 Å². The number of hydrogen-bond acceptors (Lipinski definition) is 5. The Morgan fingerprint density at radius 1 is 1.03 bits per heavy atom. The number of anilines is 1. The van der Waals surface area contributed by atoms with Gasteiger partial charge in [-0.3, -0.25) is 9.59 Å². The maximum Gasteiger partial charge on any atom is 0.387 e. The smallest absolute Gasteiger partial charge is 0.387 e. The highest BCUT2D eigenvalue weighted by Crippen LogP contribution is 2.29. The van der Waals surface area contributed by atoms with Crippen molar-refractivity contribution in [2.24, 2.45) is 0 Å². The maximum atomic E-state index is 12.5. The molecule has 2 amide bonds. The van der Waals surface area contributed by atoms with Gasteiger partial charge in [-0.2, -0.15) is 8.78 Å². The molecule has 3 aromatic rings. The Bertz CT molecular complexity index is 1020. The number of benzene rings is 2. The van der Waals surface area contributed by atoms with E-state index in [0.717, 1.165) is 0 Å². The molecule has 1 heterocycles. The Labute approximate surface area is 177 Å². The van der Waals surface area contributed by atoms with Crippen LogP contribution in [0.15, 0.2) is 65.3 Å². The summed E-state index contributed by atoms with van der Waals surface area (Å²) < 4.78 is 39.5. The van der Waals surface area contributed by atoms with Crippen LogP contribution in [0.25, 0.3) is 0 Å². The summed E-state index contributed by atoms with van der Waals surface area (Å²) in [7, 11) is 1.36. The van der Waals surface area contributed by atoms with Crippen LogP contribution in [0.1, 0.15) is 26.5 Å². The fraction of sp³-hybridized carbons (Fsp3) is 0.182. The van der Waals surface area contributed by atoms with E-state index >= 15 is 0 Å². The summed E-state index contributed by atoms with van der Waals surface area (Å²) in [5.74, 6) is -0.373. The van der Waals surface area contributed by atoms with Gasteiger partial charge in [0.05, 0.1) is 13.4 Å². The van der Waals surface area contributed by atoms with Gasteiger partial charge in [0.15, 0.2) is 17.3 Å². The van der Waals surface area contributed by atoms with Crippen LogP contribution in [0.2, 0.25) is 0 Å². The number of ether oxygens (including phenoxy) is 2. The van der Waals surface area contributed by atoms with E-state index < -0.39 is 12.5 Å². The molecule has 2 aromatic carbocycles. The standard InChI is InChI=1S/C22H20F2N2O5/c1-29-17-9-4-14(13-19(17)31-22(23)24)10-11-25-20(27)15-5-7-16(8-6-15)26-21(28)18-3-2-12-30-18/h2-9,12-13,22H,10-11H2,1H3,(H,25,27)(H,26,28). The molecule has 0 atom stereocenters. The summed E-state index contributed by atoms with van der Waals surface area (Å²) in [6.45, 7) is -2.67. The number of nitrogens with one attached hydrogen (secondary N) is 2. The second-order valence-corrected chi connectivity index (χ2v) is 6.38. The first kappa shape index (κ1) is 21.8. The zero-order chi connectivity index (χ0) is 22.2. The highest BCUT2D eigenvalue weighted by Gasteiger charge is 2.12. The third kappa shape index (κ3) is 6.05. The molecule has 0 aliphatic heterocycles. The molecule has 9 heteroatoms. The summed E-state index contributed by atoms with van der Waals surface area (Å²) in [6, 6.07) is 14.2. The summed E-state index contributed by atoms with van der Waals surface area (Å²) in [6.07, 6.45) is 1.81. The number of methoxy groups -OCH3 is 1. The average Bonchev–Trinajstić information content (AvgIpc) is 3.29. The van der Waals surface area contributed by atoms with Crippen molar-refractivity contribution in [3.63, 3.8) is 0 Å². The third-order valence-electron chi connectivity index (χ3n) is 4.29. The number of carbonyl (C=O) groups excluding carboxylic acids is 2. The summed E-state index contributed by atoms with van der Waals surface area (Å²) >= 11 is 0. The van der Waals surface area contributed by atoms with Gasteiger partial charge in [0.25, 0.3) is 11.8 Å². The number of carbonyl (C=O) groups is 2. The molecule has 0 saturated carbocycles. The van der Waals surface area contributed by atoms with E-state index in [1.165, 1.54) is 25.5 Å². The largest absolute Gasteiger partial charge is 0.493 e. The SMILES string of the molecule is COc1ccc(CCNC(=O)c2ccc(NC(=O)c3ccco3)cc2)cc1OC(F)F. The molecule has 162 valence electrons. The lowest BCUT2D eigenvalue weighted by Gasteiger charge is -2.12. The van der Waals surface area contributed by atoms with E-state index in [-0.39, 0.29) is 29.7 Å². The number of amides is 2. The van der Waals surface area contributed by atoms with Crippen LogP contribution in [0.3, 0.4) is 0 Å². The molecule has 1 aromatic heterocycles. The van der Waals surface area contributed by atoms with Gasteiger partial charge in [-0.15, -0.1) is 0 Å². The zero-order valence-electron chi connectivity index (χ0n) is 16.6. The lowest BCUT2D eigenvalue weighted by atomic mass is 10.1. The topological polar surface area (TPSA) is 89.8 Å². The van der Waals surface area contributed by atoms with Gasteiger partial charge in [0.1, 0.15) is 0 Å². The van der Waals surface area contributed by atoms with Gasteiger partial charge >= 0.3 is 6.61 Å². The lowest BCUT2D eigenvalue weighted by molar-refractivity contribution is -0.0512. The molecule has 0 fully saturated rings.